The van der Waals surface area contributed by atoms with E-state index in [2.05, 4.69) is 30.2 Å². The quantitative estimate of drug-likeness (QED) is 0.690. The fraction of sp³-hybridized carbons (Fsp3) is 0.375. The third-order valence-corrected chi connectivity index (χ3v) is 2.07. The van der Waals surface area contributed by atoms with Crippen LogP contribution in [0.5, 0.6) is 0 Å². The van der Waals surface area contributed by atoms with E-state index in [0.717, 1.165) is 11.5 Å². The van der Waals surface area contributed by atoms with E-state index in [1.807, 2.05) is 11.3 Å². The predicted molar refractivity (Wildman–Crippen MR) is 42.6 cm³/mol. The molecule has 3 nitrogen and oxygen atoms in total. The molecule has 0 saturated heterocycles. The summed E-state index contributed by atoms with van der Waals surface area (Å²) in [5, 5.41) is 7.02. The number of aromatic nitrogens is 3. The number of hydrogen-bond acceptors (Lipinski definition) is 1. The molecular weight excluding hydrogens is 227 g/mol. The number of nitrogens with zero attached hydrogens (tertiary/aromatic N) is 2. The molecule has 0 fully saturated rings. The van der Waals surface area contributed by atoms with Crippen LogP contribution in [0.1, 0.15) is 17.0 Å². The summed E-state index contributed by atoms with van der Waals surface area (Å²) in [5.41, 5.74) is 3.47. The van der Waals surface area contributed by atoms with Crippen molar-refractivity contribution in [3.8, 4) is 0 Å². The van der Waals surface area contributed by atoms with Crippen LogP contribution in [0, 0.1) is 27.0 Å². The zero-order valence-electron chi connectivity index (χ0n) is 7.47. The second-order valence-corrected chi connectivity index (χ2v) is 2.82. The number of nitrogens with one attached hydrogen (secondary N) is 1. The van der Waals surface area contributed by atoms with Gasteiger partial charge in [-0.1, -0.05) is 20.0 Å². The maximum absolute atomic E-state index is 4.06. The Balaban J connectivity index is 0.000000720. The zero-order chi connectivity index (χ0) is 8.01. The Labute approximate surface area is 96.4 Å². The molecule has 0 spiro atoms. The number of aromatic amines is 1. The first-order chi connectivity index (χ1) is 5.20. The first kappa shape index (κ1) is 9.94. The van der Waals surface area contributed by atoms with Gasteiger partial charge in [0, 0.05) is 44.2 Å². The van der Waals surface area contributed by atoms with Crippen LogP contribution in [0.15, 0.2) is 0 Å². The van der Waals surface area contributed by atoms with Crippen LogP contribution in [-0.4, -0.2) is 14.6 Å². The van der Waals surface area contributed by atoms with Gasteiger partial charge in [0.05, 0.1) is 0 Å². The predicted octanol–water partition coefficient (Wildman–Crippen LogP) is 1.39. The number of fused-ring (bicyclic) bond motifs is 1. The topological polar surface area (TPSA) is 33.1 Å². The van der Waals surface area contributed by atoms with E-state index in [0.29, 0.717) is 0 Å². The van der Waals surface area contributed by atoms with Crippen molar-refractivity contribution >= 4 is 5.65 Å². The van der Waals surface area contributed by atoms with Crippen LogP contribution in [-0.2, 0) is 32.7 Å². The summed E-state index contributed by atoms with van der Waals surface area (Å²) in [6, 6.07) is 0. The van der Waals surface area contributed by atoms with Crippen molar-refractivity contribution < 1.29 is 32.7 Å². The Morgan fingerprint density at radius 1 is 1.33 bits per heavy atom. The normalized spacial score (nSPS) is 10.2. The van der Waals surface area contributed by atoms with Gasteiger partial charge in [-0.3, -0.25) is 0 Å². The van der Waals surface area contributed by atoms with E-state index in [9.17, 15) is 0 Å². The van der Waals surface area contributed by atoms with Gasteiger partial charge in [0.15, 0.2) is 0 Å². The first-order valence-corrected chi connectivity index (χ1v) is 3.62. The van der Waals surface area contributed by atoms with Crippen LogP contribution in [0.3, 0.4) is 0 Å². The second-order valence-electron chi connectivity index (χ2n) is 2.82. The fourth-order valence-electron chi connectivity index (χ4n) is 1.21. The van der Waals surface area contributed by atoms with Gasteiger partial charge in [-0.05, 0) is 6.92 Å². The minimum Gasteiger partial charge on any atom is -0.416 e. The Hall–Kier alpha value is -0.146. The Bertz CT molecular complexity index is 400. The van der Waals surface area contributed by atoms with Crippen molar-refractivity contribution in [1.82, 2.24) is 14.6 Å². The van der Waals surface area contributed by atoms with Crippen LogP contribution >= 0.6 is 0 Å². The van der Waals surface area contributed by atoms with Crippen LogP contribution < -0.4 is 0 Å². The summed E-state index contributed by atoms with van der Waals surface area (Å²) in [5.74, 6) is 0.955. The van der Waals surface area contributed by atoms with E-state index in [1.165, 1.54) is 11.1 Å². The van der Waals surface area contributed by atoms with Gasteiger partial charge in [-0.15, -0.1) is 11.1 Å². The van der Waals surface area contributed by atoms with E-state index in [-0.39, 0.29) is 32.7 Å². The molecule has 0 bridgehead atoms. The van der Waals surface area contributed by atoms with Crippen molar-refractivity contribution in [3.63, 3.8) is 0 Å². The molecule has 2 aromatic heterocycles. The minimum absolute atomic E-state index is 0. The number of H-pyrrole nitrogens is 1. The number of aryl methyl sites for hydroxylation is 3. The average Bonchev–Trinajstić information content (AvgIpc) is 2.43. The number of hydrogen-bond donors (Lipinski definition) is 1. The molecule has 4 heteroatoms. The minimum atomic E-state index is 0. The molecule has 0 atom stereocenters. The van der Waals surface area contributed by atoms with Crippen molar-refractivity contribution in [2.45, 2.75) is 20.8 Å². The summed E-state index contributed by atoms with van der Waals surface area (Å²) in [6.45, 7) is 6.08. The molecule has 0 saturated carbocycles. The third kappa shape index (κ3) is 1.25. The van der Waals surface area contributed by atoms with Gasteiger partial charge >= 0.3 is 0 Å². The Morgan fingerprint density at radius 2 is 2.00 bits per heavy atom. The molecule has 0 amide bonds. The molecule has 0 unspecified atom stereocenters. The van der Waals surface area contributed by atoms with Crippen LogP contribution in [0.4, 0.5) is 0 Å². The van der Waals surface area contributed by atoms with Crippen molar-refractivity contribution in [2.24, 2.45) is 0 Å². The largest absolute Gasteiger partial charge is 0.416 e. The van der Waals surface area contributed by atoms with Gasteiger partial charge in [-0.2, -0.15) is 0 Å². The van der Waals surface area contributed by atoms with Crippen molar-refractivity contribution in [1.29, 1.82) is 0 Å². The molecule has 61 valence electrons. The molecule has 0 aliphatic carbocycles. The maximum atomic E-state index is 4.06. The smallest absolute Gasteiger partial charge is 0.0488 e. The van der Waals surface area contributed by atoms with Gasteiger partial charge in [0.1, 0.15) is 0 Å². The standard InChI is InChI=1S/C8H10N3.Y/c1-5-4-11-7(3)9-10-8(11)6(5)2;/h10H,1-3H3;/q-1;. The van der Waals surface area contributed by atoms with Crippen molar-refractivity contribution in [2.75, 3.05) is 0 Å². The van der Waals surface area contributed by atoms with E-state index >= 15 is 0 Å². The molecule has 0 aromatic carbocycles. The summed E-state index contributed by atoms with van der Waals surface area (Å²) >= 11 is 0. The van der Waals surface area contributed by atoms with Gasteiger partial charge < -0.3 is 9.50 Å². The molecular formula is C8H10N3Y-. The van der Waals surface area contributed by atoms with Crippen molar-refractivity contribution in [3.05, 3.63) is 23.1 Å². The van der Waals surface area contributed by atoms with E-state index < -0.39 is 0 Å². The van der Waals surface area contributed by atoms with Crippen LogP contribution in [0.2, 0.25) is 0 Å². The van der Waals surface area contributed by atoms with E-state index in [1.54, 1.807) is 0 Å². The number of rotatable bonds is 0. The second kappa shape index (κ2) is 3.31. The monoisotopic (exact) mass is 237 g/mol. The zero-order valence-corrected chi connectivity index (χ0v) is 10.3. The summed E-state index contributed by atoms with van der Waals surface area (Å²) in [4.78, 5) is 0. The summed E-state index contributed by atoms with van der Waals surface area (Å²) in [7, 11) is 0. The molecule has 2 heterocycles. The Morgan fingerprint density at radius 3 is 2.58 bits per heavy atom. The van der Waals surface area contributed by atoms with E-state index in [4.69, 9.17) is 0 Å². The molecule has 0 aliphatic rings. The molecule has 2 rings (SSSR count). The Kier molecular flexibility index (Phi) is 2.74. The summed E-state index contributed by atoms with van der Waals surface area (Å²) < 4.78 is 1.95. The van der Waals surface area contributed by atoms with Gasteiger partial charge in [0.2, 0.25) is 0 Å². The molecule has 2 aromatic rings. The third-order valence-electron chi connectivity index (χ3n) is 2.07. The molecule has 12 heavy (non-hydrogen) atoms. The average molecular weight is 237 g/mol. The maximum Gasteiger partial charge on any atom is 0.0488 e. The van der Waals surface area contributed by atoms with Gasteiger partial charge in [-0.25, -0.2) is 5.10 Å². The molecule has 1 radical (unpaired) electrons. The fourth-order valence-corrected chi connectivity index (χ4v) is 1.21. The molecule has 0 aliphatic heterocycles. The van der Waals surface area contributed by atoms with Gasteiger partial charge in [0.25, 0.3) is 0 Å². The van der Waals surface area contributed by atoms with Crippen LogP contribution in [0.25, 0.3) is 5.65 Å². The SMILES string of the molecule is Cc1[c-]n2c(C)n[nH]c2c1C.[Y]. The summed E-state index contributed by atoms with van der Waals surface area (Å²) in [6.07, 6.45) is 3.20. The molecule has 1 N–H and O–H groups in total. The first-order valence-electron chi connectivity index (χ1n) is 3.62.